The summed E-state index contributed by atoms with van der Waals surface area (Å²) < 4.78 is 10.9. The van der Waals surface area contributed by atoms with Crippen LogP contribution >= 0.6 is 0 Å². The summed E-state index contributed by atoms with van der Waals surface area (Å²) in [7, 11) is 0. The van der Waals surface area contributed by atoms with Gasteiger partial charge < -0.3 is 14.6 Å². The Hall–Kier alpha value is -2.25. The highest BCUT2D eigenvalue weighted by Crippen LogP contribution is 2.44. The third-order valence-electron chi connectivity index (χ3n) is 5.36. The van der Waals surface area contributed by atoms with Crippen molar-refractivity contribution in [1.29, 1.82) is 0 Å². The standard InChI is InChI=1S/C20H19NO5/c22-19(23)20-12-21(9-13(26-20)10-24-20)25-11-18-16-7-3-1-5-14(16)15-6-2-4-8-17(15)18/h1-8,13,18H,9-12H2,(H,22,23)/t13-,20+/m0/s1. The minimum Gasteiger partial charge on any atom is -0.477 e. The summed E-state index contributed by atoms with van der Waals surface area (Å²) in [5, 5.41) is 11.1. The first-order valence-corrected chi connectivity index (χ1v) is 8.77. The second-order valence-electron chi connectivity index (χ2n) is 6.95. The minimum absolute atomic E-state index is 0.0643. The Morgan fingerprint density at radius 1 is 1.15 bits per heavy atom. The van der Waals surface area contributed by atoms with Crippen LogP contribution in [0.5, 0.6) is 0 Å². The van der Waals surface area contributed by atoms with Crippen molar-refractivity contribution in [2.45, 2.75) is 17.8 Å². The Kier molecular flexibility index (Phi) is 3.62. The molecule has 2 aliphatic heterocycles. The van der Waals surface area contributed by atoms with E-state index < -0.39 is 11.8 Å². The van der Waals surface area contributed by atoms with Crippen molar-refractivity contribution in [1.82, 2.24) is 5.06 Å². The third-order valence-corrected chi connectivity index (χ3v) is 5.36. The number of morpholine rings is 1. The molecule has 134 valence electrons. The molecular weight excluding hydrogens is 334 g/mol. The fourth-order valence-electron chi connectivity index (χ4n) is 4.16. The number of hydrogen-bond donors (Lipinski definition) is 1. The molecule has 6 heteroatoms. The molecule has 0 radical (unpaired) electrons. The first-order valence-electron chi connectivity index (χ1n) is 8.77. The van der Waals surface area contributed by atoms with Gasteiger partial charge in [0.2, 0.25) is 0 Å². The zero-order valence-corrected chi connectivity index (χ0v) is 14.1. The zero-order chi connectivity index (χ0) is 17.7. The van der Waals surface area contributed by atoms with Crippen molar-refractivity contribution in [3.05, 3.63) is 59.7 Å². The SMILES string of the molecule is O=C(O)[C@]12CN(OCC3c4ccccc4-c4ccccc43)C[C@@H](CO1)O2. The lowest BCUT2D eigenvalue weighted by molar-refractivity contribution is -0.279. The molecule has 3 aliphatic rings. The highest BCUT2D eigenvalue weighted by atomic mass is 16.8. The summed E-state index contributed by atoms with van der Waals surface area (Å²) in [6, 6.07) is 16.7. The van der Waals surface area contributed by atoms with Crippen LogP contribution in [0.3, 0.4) is 0 Å². The number of fused-ring (bicyclic) bond motifs is 5. The fourth-order valence-corrected chi connectivity index (χ4v) is 4.16. The molecule has 0 saturated carbocycles. The molecule has 2 saturated heterocycles. The number of aliphatic carboxylic acids is 1. The summed E-state index contributed by atoms with van der Waals surface area (Å²) in [4.78, 5) is 17.6. The van der Waals surface area contributed by atoms with Crippen molar-refractivity contribution in [2.75, 3.05) is 26.3 Å². The maximum Gasteiger partial charge on any atom is 0.365 e. The van der Waals surface area contributed by atoms with Gasteiger partial charge in [0.05, 0.1) is 26.3 Å². The average Bonchev–Trinajstić information content (AvgIpc) is 3.15. The molecule has 26 heavy (non-hydrogen) atoms. The summed E-state index contributed by atoms with van der Waals surface area (Å²) in [5.41, 5.74) is 4.97. The molecule has 2 aromatic rings. The number of carboxylic acids is 1. The van der Waals surface area contributed by atoms with Crippen LogP contribution in [0.4, 0.5) is 0 Å². The topological polar surface area (TPSA) is 68.2 Å². The van der Waals surface area contributed by atoms with Gasteiger partial charge in [-0.2, -0.15) is 5.06 Å². The predicted molar refractivity (Wildman–Crippen MR) is 92.4 cm³/mol. The molecule has 1 aliphatic carbocycles. The van der Waals surface area contributed by atoms with Crippen LogP contribution in [-0.2, 0) is 19.1 Å². The summed E-state index contributed by atoms with van der Waals surface area (Å²) in [6.45, 7) is 1.30. The van der Waals surface area contributed by atoms with Crippen LogP contribution in [0.15, 0.2) is 48.5 Å². The highest BCUT2D eigenvalue weighted by Gasteiger charge is 2.54. The summed E-state index contributed by atoms with van der Waals surface area (Å²) in [5.74, 6) is -2.58. The second-order valence-corrected chi connectivity index (χ2v) is 6.95. The van der Waals surface area contributed by atoms with Crippen molar-refractivity contribution >= 4 is 5.97 Å². The Balaban J connectivity index is 1.37. The largest absolute Gasteiger partial charge is 0.477 e. The fraction of sp³-hybridized carbons (Fsp3) is 0.350. The maximum atomic E-state index is 11.5. The molecule has 0 aromatic heterocycles. The molecule has 2 heterocycles. The van der Waals surface area contributed by atoms with Gasteiger partial charge in [0.15, 0.2) is 0 Å². The smallest absolute Gasteiger partial charge is 0.365 e. The molecule has 5 rings (SSSR count). The van der Waals surface area contributed by atoms with Gasteiger partial charge in [0.1, 0.15) is 6.10 Å². The van der Waals surface area contributed by atoms with Crippen LogP contribution in [0.25, 0.3) is 11.1 Å². The van der Waals surface area contributed by atoms with Crippen molar-refractivity contribution in [3.63, 3.8) is 0 Å². The lowest BCUT2D eigenvalue weighted by Crippen LogP contribution is -2.55. The van der Waals surface area contributed by atoms with Gasteiger partial charge in [0.25, 0.3) is 5.79 Å². The zero-order valence-electron chi connectivity index (χ0n) is 14.1. The van der Waals surface area contributed by atoms with Gasteiger partial charge >= 0.3 is 5.97 Å². The maximum absolute atomic E-state index is 11.5. The van der Waals surface area contributed by atoms with Gasteiger partial charge in [-0.25, -0.2) is 4.79 Å². The summed E-state index contributed by atoms with van der Waals surface area (Å²) >= 11 is 0. The van der Waals surface area contributed by atoms with Gasteiger partial charge in [-0.1, -0.05) is 48.5 Å². The van der Waals surface area contributed by atoms with Crippen LogP contribution in [0.1, 0.15) is 17.0 Å². The quantitative estimate of drug-likeness (QED) is 0.909. The first-order chi connectivity index (χ1) is 12.7. The Morgan fingerprint density at radius 2 is 1.81 bits per heavy atom. The average molecular weight is 353 g/mol. The van der Waals surface area contributed by atoms with Gasteiger partial charge in [-0.05, 0) is 22.3 Å². The number of hydrogen-bond acceptors (Lipinski definition) is 5. The van der Waals surface area contributed by atoms with E-state index >= 15 is 0 Å². The van der Waals surface area contributed by atoms with E-state index in [1.54, 1.807) is 5.06 Å². The molecule has 0 unspecified atom stereocenters. The van der Waals surface area contributed by atoms with E-state index in [-0.39, 0.29) is 25.2 Å². The molecular formula is C20H19NO5. The van der Waals surface area contributed by atoms with Gasteiger partial charge in [0, 0.05) is 5.92 Å². The van der Waals surface area contributed by atoms with E-state index in [0.29, 0.717) is 13.2 Å². The third kappa shape index (κ3) is 2.38. The monoisotopic (exact) mass is 353 g/mol. The Morgan fingerprint density at radius 3 is 2.46 bits per heavy atom. The normalized spacial score (nSPS) is 27.3. The number of hydroxylamine groups is 2. The molecule has 2 aromatic carbocycles. The molecule has 6 nitrogen and oxygen atoms in total. The van der Waals surface area contributed by atoms with E-state index in [1.165, 1.54) is 22.3 Å². The van der Waals surface area contributed by atoms with Gasteiger partial charge in [-0.3, -0.25) is 4.84 Å². The lowest BCUT2D eigenvalue weighted by atomic mass is 9.98. The van der Waals surface area contributed by atoms with Crippen LogP contribution < -0.4 is 0 Å². The van der Waals surface area contributed by atoms with E-state index in [4.69, 9.17) is 14.3 Å². The summed E-state index contributed by atoms with van der Waals surface area (Å²) in [6.07, 6.45) is -0.275. The van der Waals surface area contributed by atoms with E-state index in [9.17, 15) is 9.90 Å². The number of nitrogens with zero attached hydrogens (tertiary/aromatic N) is 1. The van der Waals surface area contributed by atoms with E-state index in [1.807, 2.05) is 24.3 Å². The molecule has 2 fully saturated rings. The molecule has 1 N–H and O–H groups in total. The van der Waals surface area contributed by atoms with Crippen LogP contribution in [0, 0.1) is 0 Å². The van der Waals surface area contributed by atoms with E-state index in [2.05, 4.69) is 24.3 Å². The Bertz CT molecular complexity index is 823. The second kappa shape index (κ2) is 5.89. The first kappa shape index (κ1) is 16.0. The number of benzene rings is 2. The van der Waals surface area contributed by atoms with Crippen molar-refractivity contribution in [3.8, 4) is 11.1 Å². The Labute approximate surface area is 150 Å². The molecule has 0 spiro atoms. The number of rotatable bonds is 4. The molecule has 0 amide bonds. The highest BCUT2D eigenvalue weighted by molar-refractivity contribution is 5.78. The van der Waals surface area contributed by atoms with E-state index in [0.717, 1.165) is 0 Å². The molecule has 2 atom stereocenters. The number of carboxylic acid groups (broad SMARTS) is 1. The van der Waals surface area contributed by atoms with Crippen molar-refractivity contribution in [2.24, 2.45) is 0 Å². The number of carbonyl (C=O) groups is 1. The molecule has 2 bridgehead atoms. The van der Waals surface area contributed by atoms with Gasteiger partial charge in [-0.15, -0.1) is 0 Å². The van der Waals surface area contributed by atoms with Crippen LogP contribution in [0.2, 0.25) is 0 Å². The van der Waals surface area contributed by atoms with Crippen molar-refractivity contribution < 1.29 is 24.2 Å². The minimum atomic E-state index is -1.60. The predicted octanol–water partition coefficient (Wildman–Crippen LogP) is 2.24. The number of ether oxygens (including phenoxy) is 2. The lowest BCUT2D eigenvalue weighted by Gasteiger charge is -2.35. The van der Waals surface area contributed by atoms with Crippen LogP contribution in [-0.4, -0.2) is 54.3 Å².